The molecule has 0 aromatic heterocycles. The van der Waals surface area contributed by atoms with Gasteiger partial charge in [0, 0.05) is 18.8 Å². The number of carbonyl (C=O) groups is 3. The van der Waals surface area contributed by atoms with Crippen LogP contribution in [0.2, 0.25) is 0 Å². The molecular weight excluding hydrogens is 260 g/mol. The molecule has 0 spiro atoms. The monoisotopic (exact) mass is 276 g/mol. The summed E-state index contributed by atoms with van der Waals surface area (Å²) >= 11 is 0. The van der Waals surface area contributed by atoms with E-state index in [1.165, 1.54) is 18.1 Å². The Balaban J connectivity index is 2.03. The van der Waals surface area contributed by atoms with Crippen molar-refractivity contribution in [2.24, 2.45) is 0 Å². The number of hydrogen-bond acceptors (Lipinski definition) is 4. The third kappa shape index (κ3) is 3.14. The summed E-state index contributed by atoms with van der Waals surface area (Å²) in [6.45, 7) is 1.24. The fraction of sp³-hybridized carbons (Fsp3) is 0.357. The van der Waals surface area contributed by atoms with Gasteiger partial charge in [-0.25, -0.2) is 4.79 Å². The van der Waals surface area contributed by atoms with E-state index < -0.39 is 17.8 Å². The Bertz CT molecular complexity index is 536. The maximum Gasteiger partial charge on any atom is 0.337 e. The lowest BCUT2D eigenvalue weighted by Gasteiger charge is -2.14. The zero-order valence-corrected chi connectivity index (χ0v) is 11.2. The third-order valence-corrected chi connectivity index (χ3v) is 3.13. The molecule has 0 saturated carbocycles. The number of benzene rings is 1. The van der Waals surface area contributed by atoms with Gasteiger partial charge in [0.1, 0.15) is 0 Å². The predicted octanol–water partition coefficient (Wildman–Crippen LogP) is 1.03. The number of rotatable bonds is 2. The fourth-order valence-corrected chi connectivity index (χ4v) is 2.09. The summed E-state index contributed by atoms with van der Waals surface area (Å²) in [6.07, 6.45) is 1.85. The van der Waals surface area contributed by atoms with Crippen LogP contribution in [0.5, 0.6) is 0 Å². The van der Waals surface area contributed by atoms with Crippen LogP contribution < -0.4 is 5.32 Å². The Morgan fingerprint density at radius 1 is 1.20 bits per heavy atom. The predicted molar refractivity (Wildman–Crippen MR) is 72.2 cm³/mol. The molecule has 0 aliphatic carbocycles. The smallest absolute Gasteiger partial charge is 0.337 e. The number of nitrogens with zero attached hydrogens (tertiary/aromatic N) is 1. The number of methoxy groups -OCH3 is 1. The van der Waals surface area contributed by atoms with Crippen LogP contribution in [0.25, 0.3) is 0 Å². The van der Waals surface area contributed by atoms with E-state index in [4.69, 9.17) is 0 Å². The van der Waals surface area contributed by atoms with Gasteiger partial charge in [0.2, 0.25) is 0 Å². The molecule has 1 fully saturated rings. The summed E-state index contributed by atoms with van der Waals surface area (Å²) in [7, 11) is 1.28. The van der Waals surface area contributed by atoms with Gasteiger partial charge in [0.05, 0.1) is 12.7 Å². The minimum Gasteiger partial charge on any atom is -0.465 e. The number of esters is 1. The van der Waals surface area contributed by atoms with Gasteiger partial charge in [-0.3, -0.25) is 9.59 Å². The van der Waals surface area contributed by atoms with Gasteiger partial charge >= 0.3 is 17.8 Å². The number of likely N-dealkylation sites (tertiary alicyclic amines) is 1. The van der Waals surface area contributed by atoms with Crippen LogP contribution in [-0.2, 0) is 14.3 Å². The second-order valence-corrected chi connectivity index (χ2v) is 4.53. The van der Waals surface area contributed by atoms with Crippen molar-refractivity contribution in [2.75, 3.05) is 25.5 Å². The summed E-state index contributed by atoms with van der Waals surface area (Å²) in [5, 5.41) is 2.50. The van der Waals surface area contributed by atoms with E-state index in [1.807, 2.05) is 0 Å². The summed E-state index contributed by atoms with van der Waals surface area (Å²) in [6, 6.07) is 6.27. The second-order valence-electron chi connectivity index (χ2n) is 4.53. The lowest BCUT2D eigenvalue weighted by Crippen LogP contribution is -2.37. The first-order chi connectivity index (χ1) is 9.61. The molecule has 1 aromatic carbocycles. The normalized spacial score (nSPS) is 13.9. The third-order valence-electron chi connectivity index (χ3n) is 3.13. The molecule has 1 heterocycles. The number of ether oxygens (including phenoxy) is 1. The Hall–Kier alpha value is -2.37. The van der Waals surface area contributed by atoms with Gasteiger partial charge in [0.25, 0.3) is 0 Å². The van der Waals surface area contributed by atoms with E-state index in [0.29, 0.717) is 24.3 Å². The highest BCUT2D eigenvalue weighted by Crippen LogP contribution is 2.13. The minimum atomic E-state index is -0.686. The lowest BCUT2D eigenvalue weighted by atomic mass is 10.2. The first-order valence-corrected chi connectivity index (χ1v) is 6.40. The topological polar surface area (TPSA) is 75.7 Å². The Morgan fingerprint density at radius 3 is 2.55 bits per heavy atom. The van der Waals surface area contributed by atoms with Crippen LogP contribution in [-0.4, -0.2) is 42.9 Å². The summed E-state index contributed by atoms with van der Waals surface area (Å²) in [4.78, 5) is 36.6. The highest BCUT2D eigenvalue weighted by atomic mass is 16.5. The molecule has 0 radical (unpaired) electrons. The van der Waals surface area contributed by atoms with Crippen molar-refractivity contribution in [2.45, 2.75) is 12.8 Å². The highest BCUT2D eigenvalue weighted by molar-refractivity contribution is 6.39. The van der Waals surface area contributed by atoms with Crippen LogP contribution in [0.4, 0.5) is 5.69 Å². The van der Waals surface area contributed by atoms with Gasteiger partial charge in [-0.05, 0) is 31.0 Å². The van der Waals surface area contributed by atoms with E-state index >= 15 is 0 Å². The van der Waals surface area contributed by atoms with Gasteiger partial charge < -0.3 is 15.0 Å². The Labute approximate surface area is 116 Å². The maximum atomic E-state index is 11.8. The standard InChI is InChI=1S/C14H16N2O4/c1-20-14(19)10-5-4-6-11(9-10)15-12(17)13(18)16-7-2-3-8-16/h4-6,9H,2-3,7-8H2,1H3,(H,15,17). The molecule has 2 amide bonds. The van der Waals surface area contributed by atoms with E-state index in [0.717, 1.165) is 12.8 Å². The van der Waals surface area contributed by atoms with Gasteiger partial charge in [0.15, 0.2) is 0 Å². The van der Waals surface area contributed by atoms with E-state index in [2.05, 4.69) is 10.1 Å². The molecule has 1 aliphatic heterocycles. The quantitative estimate of drug-likeness (QED) is 0.646. The Kier molecular flexibility index (Phi) is 4.34. The number of carbonyl (C=O) groups excluding carboxylic acids is 3. The molecule has 6 nitrogen and oxygen atoms in total. The zero-order chi connectivity index (χ0) is 14.5. The van der Waals surface area contributed by atoms with Crippen molar-refractivity contribution in [3.8, 4) is 0 Å². The van der Waals surface area contributed by atoms with Crippen LogP contribution in [0.1, 0.15) is 23.2 Å². The van der Waals surface area contributed by atoms with Crippen LogP contribution in [0, 0.1) is 0 Å². The van der Waals surface area contributed by atoms with E-state index in [9.17, 15) is 14.4 Å². The molecule has 1 aromatic rings. The van der Waals surface area contributed by atoms with Crippen molar-refractivity contribution in [1.82, 2.24) is 4.90 Å². The molecule has 0 atom stereocenters. The largest absolute Gasteiger partial charge is 0.465 e. The highest BCUT2D eigenvalue weighted by Gasteiger charge is 2.24. The molecule has 2 rings (SSSR count). The summed E-state index contributed by atoms with van der Waals surface area (Å²) in [5.41, 5.74) is 0.712. The average molecular weight is 276 g/mol. The number of hydrogen-bond donors (Lipinski definition) is 1. The minimum absolute atomic E-state index is 0.318. The molecule has 0 unspecified atom stereocenters. The average Bonchev–Trinajstić information content (AvgIpc) is 3.00. The fourth-order valence-electron chi connectivity index (χ4n) is 2.09. The van der Waals surface area contributed by atoms with E-state index in [1.54, 1.807) is 18.2 Å². The number of amides is 2. The Morgan fingerprint density at radius 2 is 1.90 bits per heavy atom. The van der Waals surface area contributed by atoms with Crippen molar-refractivity contribution in [1.29, 1.82) is 0 Å². The second kappa shape index (κ2) is 6.18. The molecule has 0 bridgehead atoms. The lowest BCUT2D eigenvalue weighted by molar-refractivity contribution is -0.142. The molecular formula is C14H16N2O4. The molecule has 1 N–H and O–H groups in total. The van der Waals surface area contributed by atoms with Gasteiger partial charge in [-0.1, -0.05) is 6.07 Å². The SMILES string of the molecule is COC(=O)c1cccc(NC(=O)C(=O)N2CCCC2)c1. The summed E-state index contributed by atoms with van der Waals surface area (Å²) < 4.78 is 4.60. The van der Waals surface area contributed by atoms with Crippen LogP contribution in [0.15, 0.2) is 24.3 Å². The maximum absolute atomic E-state index is 11.8. The molecule has 6 heteroatoms. The van der Waals surface area contributed by atoms with Crippen molar-refractivity contribution >= 4 is 23.5 Å². The molecule has 1 saturated heterocycles. The van der Waals surface area contributed by atoms with Crippen molar-refractivity contribution in [3.63, 3.8) is 0 Å². The molecule has 106 valence electrons. The number of nitrogens with one attached hydrogen (secondary N) is 1. The van der Waals surface area contributed by atoms with Gasteiger partial charge in [-0.15, -0.1) is 0 Å². The molecule has 1 aliphatic rings. The van der Waals surface area contributed by atoms with Crippen LogP contribution >= 0.6 is 0 Å². The first kappa shape index (κ1) is 14.0. The first-order valence-electron chi connectivity index (χ1n) is 6.40. The van der Waals surface area contributed by atoms with Gasteiger partial charge in [-0.2, -0.15) is 0 Å². The van der Waals surface area contributed by atoms with Crippen molar-refractivity contribution < 1.29 is 19.1 Å². The summed E-state index contributed by atoms with van der Waals surface area (Å²) in [5.74, 6) is -1.72. The number of anilines is 1. The van der Waals surface area contributed by atoms with E-state index in [-0.39, 0.29) is 0 Å². The molecule has 20 heavy (non-hydrogen) atoms. The van der Waals surface area contributed by atoms with Crippen molar-refractivity contribution in [3.05, 3.63) is 29.8 Å². The zero-order valence-electron chi connectivity index (χ0n) is 11.2. The van der Waals surface area contributed by atoms with Crippen LogP contribution in [0.3, 0.4) is 0 Å².